The number of amides is 1. The van der Waals surface area contributed by atoms with Crippen molar-refractivity contribution in [2.75, 3.05) is 18.1 Å². The van der Waals surface area contributed by atoms with E-state index >= 15 is 4.39 Å². The normalized spacial score (nSPS) is 17.7. The first-order valence-electron chi connectivity index (χ1n) is 12.2. The van der Waals surface area contributed by atoms with Crippen molar-refractivity contribution in [3.63, 3.8) is 0 Å². The van der Waals surface area contributed by atoms with Crippen LogP contribution in [0.2, 0.25) is 10.0 Å². The minimum Gasteiger partial charge on any atom is -0.507 e. The highest BCUT2D eigenvalue weighted by atomic mass is 35.5. The van der Waals surface area contributed by atoms with Crippen molar-refractivity contribution in [3.8, 4) is 11.5 Å². The fourth-order valence-corrected chi connectivity index (χ4v) is 6.93. The Morgan fingerprint density at radius 2 is 1.83 bits per heavy atom. The monoisotopic (exact) mass is 629 g/mol. The van der Waals surface area contributed by atoms with E-state index in [1.807, 2.05) is 0 Å². The second-order valence-corrected chi connectivity index (χ2v) is 11.9. The van der Waals surface area contributed by atoms with Crippen molar-refractivity contribution < 1.29 is 28.6 Å². The Morgan fingerprint density at radius 1 is 1.05 bits per heavy atom. The van der Waals surface area contributed by atoms with E-state index in [4.69, 9.17) is 32.7 Å². The first kappa shape index (κ1) is 27.5. The number of Topliss-reactive ketones (excluding diaryl/α,β-unsaturated/α-hetero) is 1. The van der Waals surface area contributed by atoms with Gasteiger partial charge in [0, 0.05) is 26.9 Å². The van der Waals surface area contributed by atoms with Gasteiger partial charge >= 0.3 is 5.91 Å². The van der Waals surface area contributed by atoms with E-state index in [1.165, 1.54) is 42.1 Å². The third-order valence-electron chi connectivity index (χ3n) is 6.43. The number of ether oxygens (including phenoxy) is 2. The van der Waals surface area contributed by atoms with Crippen LogP contribution >= 0.6 is 46.3 Å². The molecule has 41 heavy (non-hydrogen) atoms. The third kappa shape index (κ3) is 5.26. The molecule has 2 aliphatic rings. The van der Waals surface area contributed by atoms with Crippen molar-refractivity contribution >= 4 is 68.9 Å². The third-order valence-corrected chi connectivity index (χ3v) is 9.12. The molecule has 1 amide bonds. The molecule has 0 spiro atoms. The Labute approximate surface area is 251 Å². The highest BCUT2D eigenvalue weighted by Gasteiger charge is 2.49. The quantitative estimate of drug-likeness (QED) is 0.0829. The highest BCUT2D eigenvalue weighted by Crippen LogP contribution is 2.45. The number of carbonyl (C=O) groups is 2. The average Bonchev–Trinajstić information content (AvgIpc) is 3.54. The van der Waals surface area contributed by atoms with Crippen molar-refractivity contribution in [2.24, 2.45) is 0 Å². The maximum atomic E-state index is 15.2. The molecule has 0 bridgehead atoms. The van der Waals surface area contributed by atoms with Crippen molar-refractivity contribution in [2.45, 2.75) is 16.1 Å². The van der Waals surface area contributed by atoms with E-state index in [1.54, 1.807) is 30.3 Å². The number of nitrogens with zero attached hydrogens (tertiary/aromatic N) is 3. The highest BCUT2D eigenvalue weighted by molar-refractivity contribution is 8.00. The van der Waals surface area contributed by atoms with Gasteiger partial charge in [0.25, 0.3) is 5.78 Å². The molecule has 13 heteroatoms. The molecule has 0 saturated carbocycles. The summed E-state index contributed by atoms with van der Waals surface area (Å²) >= 11 is 14.6. The lowest BCUT2D eigenvalue weighted by Gasteiger charge is -2.23. The van der Waals surface area contributed by atoms with Gasteiger partial charge in [-0.1, -0.05) is 70.6 Å². The zero-order valence-corrected chi connectivity index (χ0v) is 24.0. The van der Waals surface area contributed by atoms with Crippen LogP contribution in [0.1, 0.15) is 22.7 Å². The molecular formula is C28H18Cl2FN3O5S2. The predicted molar refractivity (Wildman–Crippen MR) is 155 cm³/mol. The van der Waals surface area contributed by atoms with Crippen LogP contribution in [0, 0.1) is 5.82 Å². The number of aliphatic hydroxyl groups excluding tert-OH is 1. The van der Waals surface area contributed by atoms with Crippen LogP contribution in [0.4, 0.5) is 9.52 Å². The second kappa shape index (κ2) is 11.3. The Kier molecular flexibility index (Phi) is 7.60. The Bertz CT molecular complexity index is 1730. The summed E-state index contributed by atoms with van der Waals surface area (Å²) in [5.74, 6) is -1.78. The summed E-state index contributed by atoms with van der Waals surface area (Å²) in [6, 6.07) is 14.3. The number of aromatic nitrogens is 2. The molecule has 3 heterocycles. The molecule has 0 radical (unpaired) electrons. The van der Waals surface area contributed by atoms with E-state index in [0.717, 1.165) is 21.8 Å². The lowest BCUT2D eigenvalue weighted by molar-refractivity contribution is -0.132. The summed E-state index contributed by atoms with van der Waals surface area (Å²) in [4.78, 5) is 27.9. The van der Waals surface area contributed by atoms with Gasteiger partial charge in [-0.05, 0) is 42.0 Å². The number of hydrogen-bond acceptors (Lipinski definition) is 9. The Balaban J connectivity index is 1.39. The van der Waals surface area contributed by atoms with Crippen LogP contribution < -0.4 is 14.4 Å². The lowest BCUT2D eigenvalue weighted by atomic mass is 9.95. The molecule has 6 rings (SSSR count). The van der Waals surface area contributed by atoms with Crippen LogP contribution in [0.15, 0.2) is 70.6 Å². The van der Waals surface area contributed by atoms with Gasteiger partial charge in [-0.2, -0.15) is 0 Å². The molecule has 1 atom stereocenters. The van der Waals surface area contributed by atoms with Gasteiger partial charge in [0.2, 0.25) is 5.13 Å². The number of carbonyl (C=O) groups excluding carboxylic acids is 2. The number of fused-ring (bicyclic) bond motifs is 1. The number of halogens is 3. The van der Waals surface area contributed by atoms with E-state index in [-0.39, 0.29) is 21.8 Å². The fourth-order valence-electron chi connectivity index (χ4n) is 4.50. The molecule has 3 aromatic carbocycles. The molecule has 2 aliphatic heterocycles. The molecule has 1 fully saturated rings. The zero-order valence-electron chi connectivity index (χ0n) is 20.8. The number of anilines is 1. The SMILES string of the molecule is O=C1C(=O)N(c2nnc(SCc3ccc(Cl)cc3Cl)s2)C(c2ccccc2F)/C1=C(/O)c1ccc2c(c1)OCCO2. The van der Waals surface area contributed by atoms with Gasteiger partial charge in [-0.25, -0.2) is 4.39 Å². The maximum Gasteiger partial charge on any atom is 0.301 e. The van der Waals surface area contributed by atoms with Gasteiger partial charge in [-0.3, -0.25) is 14.5 Å². The molecule has 1 unspecified atom stereocenters. The standard InChI is InChI=1S/C28H18Cl2FN3O5S2/c29-16-7-5-15(18(30)12-16)13-40-28-33-32-27(41-28)34-23(17-3-1-2-4-19(17)31)22(25(36)26(34)37)24(35)14-6-8-20-21(11-14)39-10-9-38-20/h1-8,11-12,23,35H,9-10,13H2/b24-22-. The summed E-state index contributed by atoms with van der Waals surface area (Å²) in [5, 5.41) is 20.8. The molecule has 1 saturated heterocycles. The van der Waals surface area contributed by atoms with Crippen LogP contribution in [0.3, 0.4) is 0 Å². The minimum absolute atomic E-state index is 0.0168. The van der Waals surface area contributed by atoms with Gasteiger partial charge < -0.3 is 14.6 Å². The number of benzene rings is 3. The smallest absolute Gasteiger partial charge is 0.301 e. The number of rotatable bonds is 6. The van der Waals surface area contributed by atoms with Crippen molar-refractivity contribution in [1.82, 2.24) is 10.2 Å². The van der Waals surface area contributed by atoms with Gasteiger partial charge in [-0.15, -0.1) is 10.2 Å². The molecule has 0 aliphatic carbocycles. The van der Waals surface area contributed by atoms with Gasteiger partial charge in [0.05, 0.1) is 5.57 Å². The summed E-state index contributed by atoms with van der Waals surface area (Å²) in [6.45, 7) is 0.698. The maximum absolute atomic E-state index is 15.2. The van der Waals surface area contributed by atoms with E-state index < -0.39 is 29.3 Å². The van der Waals surface area contributed by atoms with E-state index in [9.17, 15) is 14.7 Å². The average molecular weight is 631 g/mol. The van der Waals surface area contributed by atoms with Crippen LogP contribution in [-0.4, -0.2) is 40.2 Å². The van der Waals surface area contributed by atoms with E-state index in [0.29, 0.717) is 44.9 Å². The largest absolute Gasteiger partial charge is 0.507 e. The minimum atomic E-state index is -1.29. The summed E-state index contributed by atoms with van der Waals surface area (Å²) in [6.07, 6.45) is 0. The summed E-state index contributed by atoms with van der Waals surface area (Å²) in [7, 11) is 0. The Hall–Kier alpha value is -3.64. The topological polar surface area (TPSA) is 102 Å². The molecule has 4 aromatic rings. The summed E-state index contributed by atoms with van der Waals surface area (Å²) < 4.78 is 26.8. The molecule has 1 aromatic heterocycles. The van der Waals surface area contributed by atoms with Gasteiger partial charge in [0.15, 0.2) is 15.8 Å². The van der Waals surface area contributed by atoms with Crippen LogP contribution in [0.5, 0.6) is 11.5 Å². The van der Waals surface area contributed by atoms with Crippen molar-refractivity contribution in [1.29, 1.82) is 0 Å². The Morgan fingerprint density at radius 3 is 2.61 bits per heavy atom. The lowest BCUT2D eigenvalue weighted by Crippen LogP contribution is -2.29. The molecule has 208 valence electrons. The van der Waals surface area contributed by atoms with Crippen LogP contribution in [-0.2, 0) is 15.3 Å². The van der Waals surface area contributed by atoms with Crippen LogP contribution in [0.25, 0.3) is 5.76 Å². The number of thioether (sulfide) groups is 1. The summed E-state index contributed by atoms with van der Waals surface area (Å²) in [5.41, 5.74) is 0.767. The molecule has 1 N–H and O–H groups in total. The first-order valence-corrected chi connectivity index (χ1v) is 14.7. The van der Waals surface area contributed by atoms with Crippen molar-refractivity contribution in [3.05, 3.63) is 98.8 Å². The number of ketones is 1. The molecular weight excluding hydrogens is 612 g/mol. The molecule has 8 nitrogen and oxygen atoms in total. The first-order chi connectivity index (χ1) is 19.8. The van der Waals surface area contributed by atoms with Gasteiger partial charge in [0.1, 0.15) is 30.8 Å². The van der Waals surface area contributed by atoms with E-state index in [2.05, 4.69) is 10.2 Å². The zero-order chi connectivity index (χ0) is 28.7. The number of aliphatic hydroxyl groups is 1. The fraction of sp³-hybridized carbons (Fsp3) is 0.143. The second-order valence-electron chi connectivity index (χ2n) is 8.92. The number of hydrogen-bond donors (Lipinski definition) is 1. The predicted octanol–water partition coefficient (Wildman–Crippen LogP) is 6.67.